The molecule has 2 aromatic rings. The largest absolute Gasteiger partial charge is 0.309 e. The van der Waals surface area contributed by atoms with Gasteiger partial charge in [0.25, 0.3) is 0 Å². The standard InChI is InChI=1S/C17H21NS/c1-12-3-6-14(7-4-12)15-9-16(10-15)18-11-17-8-5-13(2)19-17/h3-8,15-16,18H,9-11H2,1-2H3. The second-order valence-corrected chi connectivity index (χ2v) is 7.04. The molecule has 0 aliphatic heterocycles. The van der Waals surface area contributed by atoms with Crippen LogP contribution in [0.15, 0.2) is 36.4 Å². The Bertz CT molecular complexity index is 535. The summed E-state index contributed by atoms with van der Waals surface area (Å²) in [5, 5.41) is 3.67. The minimum atomic E-state index is 0.703. The lowest BCUT2D eigenvalue weighted by molar-refractivity contribution is 0.290. The molecule has 19 heavy (non-hydrogen) atoms. The molecule has 0 bridgehead atoms. The van der Waals surface area contributed by atoms with E-state index in [9.17, 15) is 0 Å². The van der Waals surface area contributed by atoms with Crippen molar-refractivity contribution in [2.24, 2.45) is 0 Å². The summed E-state index contributed by atoms with van der Waals surface area (Å²) in [5.41, 5.74) is 2.86. The third-order valence-corrected chi connectivity index (χ3v) is 5.05. The van der Waals surface area contributed by atoms with Crippen molar-refractivity contribution in [2.45, 2.75) is 45.2 Å². The van der Waals surface area contributed by atoms with E-state index in [-0.39, 0.29) is 0 Å². The Morgan fingerprint density at radius 2 is 1.79 bits per heavy atom. The maximum atomic E-state index is 3.67. The number of rotatable bonds is 4. The molecule has 0 atom stereocenters. The Hall–Kier alpha value is -1.12. The summed E-state index contributed by atoms with van der Waals surface area (Å²) in [5.74, 6) is 0.767. The van der Waals surface area contributed by atoms with Gasteiger partial charge in [0.05, 0.1) is 0 Å². The lowest BCUT2D eigenvalue weighted by Gasteiger charge is -2.36. The highest BCUT2D eigenvalue weighted by Crippen LogP contribution is 2.37. The quantitative estimate of drug-likeness (QED) is 0.869. The van der Waals surface area contributed by atoms with Gasteiger partial charge in [0.2, 0.25) is 0 Å². The Kier molecular flexibility index (Phi) is 3.72. The number of aryl methyl sites for hydroxylation is 2. The third-order valence-electron chi connectivity index (χ3n) is 4.05. The summed E-state index contributed by atoms with van der Waals surface area (Å²) in [7, 11) is 0. The molecule has 3 rings (SSSR count). The fourth-order valence-electron chi connectivity index (χ4n) is 2.72. The molecule has 100 valence electrons. The first kappa shape index (κ1) is 12.9. The van der Waals surface area contributed by atoms with Gasteiger partial charge in [-0.05, 0) is 50.3 Å². The van der Waals surface area contributed by atoms with Crippen molar-refractivity contribution >= 4 is 11.3 Å². The number of hydrogen-bond donors (Lipinski definition) is 1. The van der Waals surface area contributed by atoms with Crippen LogP contribution >= 0.6 is 11.3 Å². The van der Waals surface area contributed by atoms with Crippen LogP contribution in [0.3, 0.4) is 0 Å². The van der Waals surface area contributed by atoms with E-state index in [0.717, 1.165) is 12.5 Å². The highest BCUT2D eigenvalue weighted by Gasteiger charge is 2.29. The van der Waals surface area contributed by atoms with Crippen molar-refractivity contribution in [3.63, 3.8) is 0 Å². The van der Waals surface area contributed by atoms with Gasteiger partial charge < -0.3 is 5.32 Å². The highest BCUT2D eigenvalue weighted by atomic mass is 32.1. The van der Waals surface area contributed by atoms with Gasteiger partial charge >= 0.3 is 0 Å². The van der Waals surface area contributed by atoms with Crippen molar-refractivity contribution in [3.8, 4) is 0 Å². The molecule has 1 aromatic heterocycles. The second-order valence-electron chi connectivity index (χ2n) is 5.67. The molecule has 0 amide bonds. The van der Waals surface area contributed by atoms with Crippen molar-refractivity contribution in [1.82, 2.24) is 5.32 Å². The van der Waals surface area contributed by atoms with Crippen LogP contribution in [0.4, 0.5) is 0 Å². The Morgan fingerprint density at radius 3 is 2.42 bits per heavy atom. The molecule has 1 heterocycles. The van der Waals surface area contributed by atoms with Gasteiger partial charge in [0.15, 0.2) is 0 Å². The van der Waals surface area contributed by atoms with Gasteiger partial charge in [0.1, 0.15) is 0 Å². The zero-order valence-electron chi connectivity index (χ0n) is 11.6. The van der Waals surface area contributed by atoms with Crippen LogP contribution in [-0.4, -0.2) is 6.04 Å². The van der Waals surface area contributed by atoms with Crippen LogP contribution in [0.2, 0.25) is 0 Å². The zero-order chi connectivity index (χ0) is 13.2. The van der Waals surface area contributed by atoms with Gasteiger partial charge in [-0.3, -0.25) is 0 Å². The predicted molar refractivity (Wildman–Crippen MR) is 82.8 cm³/mol. The van der Waals surface area contributed by atoms with Gasteiger partial charge in [-0.1, -0.05) is 29.8 Å². The van der Waals surface area contributed by atoms with E-state index in [1.54, 1.807) is 0 Å². The van der Waals surface area contributed by atoms with Gasteiger partial charge in [-0.25, -0.2) is 0 Å². The van der Waals surface area contributed by atoms with E-state index in [1.807, 2.05) is 11.3 Å². The zero-order valence-corrected chi connectivity index (χ0v) is 12.5. The normalized spacial score (nSPS) is 22.2. The lowest BCUT2D eigenvalue weighted by atomic mass is 9.76. The fourth-order valence-corrected chi connectivity index (χ4v) is 3.56. The first-order valence-electron chi connectivity index (χ1n) is 7.06. The molecule has 1 nitrogen and oxygen atoms in total. The van der Waals surface area contributed by atoms with Gasteiger partial charge in [-0.15, -0.1) is 11.3 Å². The Morgan fingerprint density at radius 1 is 1.05 bits per heavy atom. The molecular weight excluding hydrogens is 250 g/mol. The summed E-state index contributed by atoms with van der Waals surface area (Å²) in [4.78, 5) is 2.86. The summed E-state index contributed by atoms with van der Waals surface area (Å²) < 4.78 is 0. The molecule has 1 N–H and O–H groups in total. The summed E-state index contributed by atoms with van der Waals surface area (Å²) in [6.45, 7) is 5.35. The maximum Gasteiger partial charge on any atom is 0.0302 e. The molecule has 2 heteroatoms. The smallest absolute Gasteiger partial charge is 0.0302 e. The van der Waals surface area contributed by atoms with Crippen molar-refractivity contribution in [2.75, 3.05) is 0 Å². The van der Waals surface area contributed by atoms with Crippen LogP contribution in [0.25, 0.3) is 0 Å². The first-order valence-corrected chi connectivity index (χ1v) is 7.87. The minimum Gasteiger partial charge on any atom is -0.309 e. The number of benzene rings is 1. The van der Waals surface area contributed by atoms with E-state index in [2.05, 4.69) is 55.6 Å². The molecule has 1 aromatic carbocycles. The number of nitrogens with one attached hydrogen (secondary N) is 1. The van der Waals surface area contributed by atoms with E-state index >= 15 is 0 Å². The van der Waals surface area contributed by atoms with Gasteiger partial charge in [0, 0.05) is 22.3 Å². The molecular formula is C17H21NS. The Labute approximate surface area is 119 Å². The molecule has 1 aliphatic carbocycles. The molecule has 1 fully saturated rings. The third kappa shape index (κ3) is 3.07. The summed E-state index contributed by atoms with van der Waals surface area (Å²) in [6, 6.07) is 14.2. The van der Waals surface area contributed by atoms with Crippen LogP contribution in [0.5, 0.6) is 0 Å². The van der Waals surface area contributed by atoms with Crippen molar-refractivity contribution < 1.29 is 0 Å². The minimum absolute atomic E-state index is 0.703. The molecule has 0 saturated heterocycles. The summed E-state index contributed by atoms with van der Waals surface area (Å²) >= 11 is 1.90. The van der Waals surface area contributed by atoms with Gasteiger partial charge in [-0.2, -0.15) is 0 Å². The first-order chi connectivity index (χ1) is 9.20. The fraction of sp³-hybridized carbons (Fsp3) is 0.412. The van der Waals surface area contributed by atoms with Crippen LogP contribution in [-0.2, 0) is 6.54 Å². The van der Waals surface area contributed by atoms with Crippen molar-refractivity contribution in [3.05, 3.63) is 57.3 Å². The summed E-state index contributed by atoms with van der Waals surface area (Å²) in [6.07, 6.45) is 2.57. The number of thiophene rings is 1. The predicted octanol–water partition coefficient (Wildman–Crippen LogP) is 4.40. The monoisotopic (exact) mass is 271 g/mol. The maximum absolute atomic E-state index is 3.67. The average Bonchev–Trinajstić information content (AvgIpc) is 2.75. The topological polar surface area (TPSA) is 12.0 Å². The van der Waals surface area contributed by atoms with E-state index in [1.165, 1.54) is 33.7 Å². The van der Waals surface area contributed by atoms with E-state index < -0.39 is 0 Å². The average molecular weight is 271 g/mol. The van der Waals surface area contributed by atoms with Crippen LogP contribution in [0, 0.1) is 13.8 Å². The number of hydrogen-bond acceptors (Lipinski definition) is 2. The van der Waals surface area contributed by atoms with E-state index in [0.29, 0.717) is 6.04 Å². The van der Waals surface area contributed by atoms with Crippen LogP contribution < -0.4 is 5.32 Å². The Balaban J connectivity index is 1.46. The lowest BCUT2D eigenvalue weighted by Crippen LogP contribution is -2.39. The molecule has 0 spiro atoms. The molecule has 1 aliphatic rings. The highest BCUT2D eigenvalue weighted by molar-refractivity contribution is 7.11. The van der Waals surface area contributed by atoms with Crippen molar-refractivity contribution in [1.29, 1.82) is 0 Å². The SMILES string of the molecule is Cc1ccc(C2CC(NCc3ccc(C)s3)C2)cc1. The molecule has 0 unspecified atom stereocenters. The second kappa shape index (κ2) is 5.48. The molecule has 0 radical (unpaired) electrons. The van der Waals surface area contributed by atoms with E-state index in [4.69, 9.17) is 0 Å². The van der Waals surface area contributed by atoms with Crippen LogP contribution in [0.1, 0.15) is 39.6 Å². The molecule has 1 saturated carbocycles.